The van der Waals surface area contributed by atoms with Crippen molar-refractivity contribution in [3.8, 4) is 0 Å². The maximum atomic E-state index is 12.4. The average molecular weight is 424 g/mol. The summed E-state index contributed by atoms with van der Waals surface area (Å²) in [5, 5.41) is 4.08. The Morgan fingerprint density at radius 3 is 2.30 bits per heavy atom. The largest absolute Gasteiger partial charge is 0.378 e. The van der Waals surface area contributed by atoms with E-state index in [0.717, 1.165) is 42.8 Å². The van der Waals surface area contributed by atoms with Crippen LogP contribution in [0.2, 0.25) is 0 Å². The van der Waals surface area contributed by atoms with E-state index in [4.69, 9.17) is 4.74 Å². The van der Waals surface area contributed by atoms with Crippen LogP contribution >= 0.6 is 0 Å². The molecule has 1 heterocycles. The van der Waals surface area contributed by atoms with Crippen LogP contribution in [-0.2, 0) is 14.8 Å². The lowest BCUT2D eigenvalue weighted by molar-refractivity contribution is 0.0548. The van der Waals surface area contributed by atoms with Gasteiger partial charge in [0.05, 0.1) is 24.3 Å². The molecule has 2 aromatic rings. The second kappa shape index (κ2) is 9.28. The van der Waals surface area contributed by atoms with Crippen molar-refractivity contribution in [2.45, 2.75) is 17.7 Å². The number of hydrazone groups is 1. The number of allylic oxidation sites excluding steroid dienone is 2. The molecule has 0 atom stereocenters. The van der Waals surface area contributed by atoms with Crippen LogP contribution in [0.3, 0.4) is 0 Å². The molecule has 0 saturated carbocycles. The van der Waals surface area contributed by atoms with Gasteiger partial charge in [-0.05, 0) is 47.8 Å². The van der Waals surface area contributed by atoms with E-state index in [0.29, 0.717) is 13.2 Å². The highest BCUT2D eigenvalue weighted by Gasteiger charge is 2.25. The zero-order valence-corrected chi connectivity index (χ0v) is 17.5. The fourth-order valence-electron chi connectivity index (χ4n) is 3.75. The van der Waals surface area contributed by atoms with Crippen molar-refractivity contribution in [1.82, 2.24) is 9.73 Å². The number of nitrogens with zero attached hydrogens (tertiary/aromatic N) is 2. The van der Waals surface area contributed by atoms with Crippen molar-refractivity contribution in [1.29, 1.82) is 0 Å². The van der Waals surface area contributed by atoms with Gasteiger partial charge in [0.25, 0.3) is 10.0 Å². The minimum Gasteiger partial charge on any atom is -0.378 e. The summed E-state index contributed by atoms with van der Waals surface area (Å²) in [4.78, 5) is 4.85. The van der Waals surface area contributed by atoms with Gasteiger partial charge < -0.3 is 9.64 Å². The van der Waals surface area contributed by atoms with Gasteiger partial charge in [0.1, 0.15) is 0 Å². The van der Waals surface area contributed by atoms with Crippen molar-refractivity contribution in [3.05, 3.63) is 83.1 Å². The number of nitrogens with one attached hydrogen (secondary N) is 1. The normalized spacial score (nSPS) is 19.1. The van der Waals surface area contributed by atoms with Gasteiger partial charge in [-0.3, -0.25) is 0 Å². The molecule has 30 heavy (non-hydrogen) atoms. The minimum atomic E-state index is -3.68. The van der Waals surface area contributed by atoms with E-state index in [1.54, 1.807) is 36.5 Å². The zero-order valence-electron chi connectivity index (χ0n) is 16.7. The number of rotatable bonds is 6. The second-order valence-electron chi connectivity index (χ2n) is 7.22. The first kappa shape index (κ1) is 20.4. The van der Waals surface area contributed by atoms with Gasteiger partial charge in [-0.2, -0.15) is 13.5 Å². The van der Waals surface area contributed by atoms with E-state index < -0.39 is 10.0 Å². The van der Waals surface area contributed by atoms with E-state index in [1.165, 1.54) is 5.57 Å². The standard InChI is InChI=1S/C23H25N3O3S/c27-30(28,22-9-5-2-6-10-22)25-24-18-21-12-11-20(17-19-7-3-1-4-8-19)23(21)26-13-15-29-16-14-26/h1-10,17-18,25H,11-16H2/b20-17?,24-18-. The minimum absolute atomic E-state index is 0.195. The van der Waals surface area contributed by atoms with Crippen LogP contribution in [0.4, 0.5) is 0 Å². The quantitative estimate of drug-likeness (QED) is 0.571. The van der Waals surface area contributed by atoms with Crippen LogP contribution in [-0.4, -0.2) is 45.8 Å². The topological polar surface area (TPSA) is 71.0 Å². The summed E-state index contributed by atoms with van der Waals surface area (Å²) in [6, 6.07) is 18.5. The first-order chi connectivity index (χ1) is 14.6. The molecule has 1 saturated heterocycles. The molecule has 1 N–H and O–H groups in total. The molecule has 7 heteroatoms. The molecule has 1 aliphatic heterocycles. The van der Waals surface area contributed by atoms with E-state index in [9.17, 15) is 8.42 Å². The van der Waals surface area contributed by atoms with Crippen LogP contribution in [0.5, 0.6) is 0 Å². The molecule has 6 nitrogen and oxygen atoms in total. The summed E-state index contributed by atoms with van der Waals surface area (Å²) in [5.41, 5.74) is 4.58. The third-order valence-electron chi connectivity index (χ3n) is 5.19. The molecule has 0 spiro atoms. The Morgan fingerprint density at radius 1 is 0.933 bits per heavy atom. The highest BCUT2D eigenvalue weighted by atomic mass is 32.2. The average Bonchev–Trinajstić information content (AvgIpc) is 3.18. The van der Waals surface area contributed by atoms with Crippen molar-refractivity contribution in [2.75, 3.05) is 26.3 Å². The fraction of sp³-hybridized carbons (Fsp3) is 0.261. The molecule has 0 unspecified atom stereocenters. The Hall–Kier alpha value is -2.90. The lowest BCUT2D eigenvalue weighted by atomic mass is 10.1. The predicted octanol–water partition coefficient (Wildman–Crippen LogP) is 3.41. The summed E-state index contributed by atoms with van der Waals surface area (Å²) < 4.78 is 30.3. The van der Waals surface area contributed by atoms with Gasteiger partial charge in [-0.25, -0.2) is 4.83 Å². The van der Waals surface area contributed by atoms with Crippen molar-refractivity contribution >= 4 is 22.3 Å². The summed E-state index contributed by atoms with van der Waals surface area (Å²) in [5.74, 6) is 0. The molecule has 0 aromatic heterocycles. The number of hydrogen-bond acceptors (Lipinski definition) is 5. The van der Waals surface area contributed by atoms with Crippen molar-refractivity contribution < 1.29 is 13.2 Å². The fourth-order valence-corrected chi connectivity index (χ4v) is 4.56. The summed E-state index contributed by atoms with van der Waals surface area (Å²) in [7, 11) is -3.68. The maximum absolute atomic E-state index is 12.4. The first-order valence-corrected chi connectivity index (χ1v) is 11.5. The Bertz CT molecular complexity index is 1060. The van der Waals surface area contributed by atoms with Gasteiger partial charge >= 0.3 is 0 Å². The number of morpholine rings is 1. The maximum Gasteiger partial charge on any atom is 0.276 e. The Labute approximate surface area is 177 Å². The number of benzene rings is 2. The van der Waals surface area contributed by atoms with Gasteiger partial charge in [0, 0.05) is 18.8 Å². The van der Waals surface area contributed by atoms with Gasteiger partial charge in [0.2, 0.25) is 0 Å². The van der Waals surface area contributed by atoms with E-state index >= 15 is 0 Å². The molecule has 0 bridgehead atoms. The van der Waals surface area contributed by atoms with E-state index in [1.807, 2.05) is 18.2 Å². The molecule has 156 valence electrons. The van der Waals surface area contributed by atoms with Gasteiger partial charge in [-0.1, -0.05) is 48.5 Å². The highest BCUT2D eigenvalue weighted by molar-refractivity contribution is 7.89. The molecule has 0 amide bonds. The summed E-state index contributed by atoms with van der Waals surface area (Å²) >= 11 is 0. The molecular weight excluding hydrogens is 398 g/mol. The monoisotopic (exact) mass is 423 g/mol. The van der Waals surface area contributed by atoms with Gasteiger partial charge in [-0.15, -0.1) is 0 Å². The predicted molar refractivity (Wildman–Crippen MR) is 118 cm³/mol. The van der Waals surface area contributed by atoms with Crippen LogP contribution < -0.4 is 4.83 Å². The van der Waals surface area contributed by atoms with Crippen LogP contribution in [0.15, 0.2) is 87.5 Å². The van der Waals surface area contributed by atoms with Crippen molar-refractivity contribution in [3.63, 3.8) is 0 Å². The molecular formula is C23H25N3O3S. The molecule has 2 aliphatic rings. The summed E-state index contributed by atoms with van der Waals surface area (Å²) in [6.07, 6.45) is 5.58. The van der Waals surface area contributed by atoms with Crippen LogP contribution in [0.1, 0.15) is 18.4 Å². The number of hydrogen-bond donors (Lipinski definition) is 1. The molecule has 4 rings (SSSR count). The van der Waals surface area contributed by atoms with Crippen LogP contribution in [0, 0.1) is 0 Å². The second-order valence-corrected chi connectivity index (χ2v) is 8.88. The lowest BCUT2D eigenvalue weighted by Gasteiger charge is -2.31. The first-order valence-electron chi connectivity index (χ1n) is 10.1. The number of sulfonamides is 1. The summed E-state index contributed by atoms with van der Waals surface area (Å²) in [6.45, 7) is 3.00. The molecule has 1 aliphatic carbocycles. The Morgan fingerprint density at radius 2 is 1.60 bits per heavy atom. The van der Waals surface area contributed by atoms with E-state index in [-0.39, 0.29) is 4.90 Å². The Kier molecular flexibility index (Phi) is 6.30. The highest BCUT2D eigenvalue weighted by Crippen LogP contribution is 2.35. The van der Waals surface area contributed by atoms with Gasteiger partial charge in [0.15, 0.2) is 0 Å². The molecule has 1 fully saturated rings. The van der Waals surface area contributed by atoms with Crippen LogP contribution in [0.25, 0.3) is 6.08 Å². The molecule has 0 radical (unpaired) electrons. The number of ether oxygens (including phenoxy) is 1. The van der Waals surface area contributed by atoms with E-state index in [2.05, 4.69) is 33.0 Å². The SMILES string of the molecule is O=S(=O)(N/N=C\C1=C(N2CCOCC2)C(=Cc2ccccc2)CC1)c1ccccc1. The zero-order chi connectivity index (χ0) is 20.8. The smallest absolute Gasteiger partial charge is 0.276 e. The molecule has 2 aromatic carbocycles. The third kappa shape index (κ3) is 4.80. The Balaban J connectivity index is 1.60. The van der Waals surface area contributed by atoms with Crippen molar-refractivity contribution in [2.24, 2.45) is 5.10 Å². The third-order valence-corrected chi connectivity index (χ3v) is 6.43. The lowest BCUT2D eigenvalue weighted by Crippen LogP contribution is -2.36.